The third kappa shape index (κ3) is 3.45. The number of hydrogen-bond acceptors (Lipinski definition) is 4. The second-order valence-electron chi connectivity index (χ2n) is 5.54. The average Bonchev–Trinajstić information content (AvgIpc) is 2.86. The molecule has 2 heterocycles. The van der Waals surface area contributed by atoms with Crippen LogP contribution in [0.3, 0.4) is 0 Å². The molecule has 0 aliphatic carbocycles. The highest BCUT2D eigenvalue weighted by atomic mass is 15.2. The summed E-state index contributed by atoms with van der Waals surface area (Å²) in [7, 11) is 2.13. The van der Waals surface area contributed by atoms with E-state index >= 15 is 0 Å². The van der Waals surface area contributed by atoms with Crippen molar-refractivity contribution in [1.82, 2.24) is 9.88 Å². The van der Waals surface area contributed by atoms with Gasteiger partial charge in [-0.25, -0.2) is 4.98 Å². The molecule has 19 heavy (non-hydrogen) atoms. The third-order valence-electron chi connectivity index (χ3n) is 4.08. The first-order valence-corrected chi connectivity index (χ1v) is 7.28. The van der Waals surface area contributed by atoms with Gasteiger partial charge in [0.1, 0.15) is 5.82 Å². The maximum atomic E-state index is 5.85. The van der Waals surface area contributed by atoms with E-state index in [9.17, 15) is 0 Å². The van der Waals surface area contributed by atoms with Crippen LogP contribution in [-0.4, -0.2) is 42.6 Å². The molecule has 1 unspecified atom stereocenters. The standard InChI is InChI=1S/C15H26N4/c1-4-19-9-5-6-14(19)11-18(3)15-8-7-13(10-17-15)12(2)16/h7-8,10,12,14H,4-6,9,11,16H2,1-3H3/t12-,14?/m0/s1. The molecule has 4 nitrogen and oxygen atoms in total. The smallest absolute Gasteiger partial charge is 0.128 e. The zero-order valence-corrected chi connectivity index (χ0v) is 12.3. The highest BCUT2D eigenvalue weighted by Crippen LogP contribution is 2.20. The van der Waals surface area contributed by atoms with Gasteiger partial charge in [0, 0.05) is 31.9 Å². The highest BCUT2D eigenvalue weighted by molar-refractivity contribution is 5.39. The molecule has 4 heteroatoms. The molecule has 0 bridgehead atoms. The largest absolute Gasteiger partial charge is 0.358 e. The molecule has 1 aromatic rings. The molecule has 1 fully saturated rings. The van der Waals surface area contributed by atoms with Crippen molar-refractivity contribution < 1.29 is 0 Å². The Hall–Kier alpha value is -1.13. The van der Waals surface area contributed by atoms with Crippen LogP contribution in [0.15, 0.2) is 18.3 Å². The van der Waals surface area contributed by atoms with Crippen LogP contribution >= 0.6 is 0 Å². The van der Waals surface area contributed by atoms with Gasteiger partial charge in [-0.05, 0) is 44.5 Å². The summed E-state index contributed by atoms with van der Waals surface area (Å²) >= 11 is 0. The number of likely N-dealkylation sites (N-methyl/N-ethyl adjacent to an activating group) is 2. The van der Waals surface area contributed by atoms with Crippen molar-refractivity contribution in [3.8, 4) is 0 Å². The Morgan fingerprint density at radius 3 is 2.89 bits per heavy atom. The highest BCUT2D eigenvalue weighted by Gasteiger charge is 2.24. The number of nitrogens with two attached hydrogens (primary N) is 1. The minimum Gasteiger partial charge on any atom is -0.358 e. The van der Waals surface area contributed by atoms with E-state index in [-0.39, 0.29) is 6.04 Å². The molecule has 106 valence electrons. The topological polar surface area (TPSA) is 45.4 Å². The van der Waals surface area contributed by atoms with Gasteiger partial charge in [-0.2, -0.15) is 0 Å². The first-order valence-electron chi connectivity index (χ1n) is 7.28. The number of nitrogens with zero attached hydrogens (tertiary/aromatic N) is 3. The van der Waals surface area contributed by atoms with Crippen LogP contribution in [0, 0.1) is 0 Å². The monoisotopic (exact) mass is 262 g/mol. The summed E-state index contributed by atoms with van der Waals surface area (Å²) in [5.41, 5.74) is 6.94. The van der Waals surface area contributed by atoms with Crippen molar-refractivity contribution in [3.05, 3.63) is 23.9 Å². The van der Waals surface area contributed by atoms with Crippen molar-refractivity contribution in [3.63, 3.8) is 0 Å². The van der Waals surface area contributed by atoms with E-state index < -0.39 is 0 Å². The Morgan fingerprint density at radius 1 is 1.53 bits per heavy atom. The van der Waals surface area contributed by atoms with Crippen LogP contribution in [-0.2, 0) is 0 Å². The zero-order chi connectivity index (χ0) is 13.8. The number of anilines is 1. The summed E-state index contributed by atoms with van der Waals surface area (Å²) in [6, 6.07) is 4.88. The van der Waals surface area contributed by atoms with Crippen LogP contribution < -0.4 is 10.6 Å². The van der Waals surface area contributed by atoms with Crippen LogP contribution in [0.25, 0.3) is 0 Å². The van der Waals surface area contributed by atoms with Gasteiger partial charge in [0.25, 0.3) is 0 Å². The molecule has 2 rings (SSSR count). The number of rotatable bonds is 5. The Morgan fingerprint density at radius 2 is 2.32 bits per heavy atom. The van der Waals surface area contributed by atoms with E-state index in [0.717, 1.165) is 24.5 Å². The summed E-state index contributed by atoms with van der Waals surface area (Å²) < 4.78 is 0. The van der Waals surface area contributed by atoms with Gasteiger partial charge >= 0.3 is 0 Å². The minimum absolute atomic E-state index is 0.0530. The quantitative estimate of drug-likeness (QED) is 0.882. The van der Waals surface area contributed by atoms with Crippen molar-refractivity contribution in [2.75, 3.05) is 31.6 Å². The van der Waals surface area contributed by atoms with Crippen molar-refractivity contribution in [2.24, 2.45) is 5.73 Å². The molecule has 1 aliphatic heterocycles. The molecule has 1 aliphatic rings. The van der Waals surface area contributed by atoms with Gasteiger partial charge in [0.05, 0.1) is 0 Å². The van der Waals surface area contributed by atoms with Gasteiger partial charge in [0.2, 0.25) is 0 Å². The Labute approximate surface area is 116 Å². The molecule has 0 amide bonds. The lowest BCUT2D eigenvalue weighted by molar-refractivity contribution is 0.270. The zero-order valence-electron chi connectivity index (χ0n) is 12.3. The lowest BCUT2D eigenvalue weighted by Gasteiger charge is -2.28. The SMILES string of the molecule is CCN1CCCC1CN(C)c1ccc([C@H](C)N)cn1. The van der Waals surface area contributed by atoms with Gasteiger partial charge in [-0.1, -0.05) is 13.0 Å². The normalized spacial score (nSPS) is 21.6. The van der Waals surface area contributed by atoms with E-state index in [2.05, 4.69) is 40.9 Å². The van der Waals surface area contributed by atoms with Crippen molar-refractivity contribution >= 4 is 5.82 Å². The fourth-order valence-corrected chi connectivity index (χ4v) is 2.82. The second kappa shape index (κ2) is 6.35. The van der Waals surface area contributed by atoms with E-state index in [1.165, 1.54) is 19.4 Å². The van der Waals surface area contributed by atoms with Crippen molar-refractivity contribution in [1.29, 1.82) is 0 Å². The van der Waals surface area contributed by atoms with Gasteiger partial charge in [0.15, 0.2) is 0 Å². The lowest BCUT2D eigenvalue weighted by atomic mass is 10.1. The molecule has 2 N–H and O–H groups in total. The summed E-state index contributed by atoms with van der Waals surface area (Å²) in [5.74, 6) is 1.03. The van der Waals surface area contributed by atoms with Crippen molar-refractivity contribution in [2.45, 2.75) is 38.8 Å². The van der Waals surface area contributed by atoms with E-state index in [0.29, 0.717) is 6.04 Å². The third-order valence-corrected chi connectivity index (χ3v) is 4.08. The van der Waals surface area contributed by atoms with E-state index in [4.69, 9.17) is 5.73 Å². The summed E-state index contributed by atoms with van der Waals surface area (Å²) in [5, 5.41) is 0. The predicted octanol–water partition coefficient (Wildman–Crippen LogP) is 2.02. The molecule has 2 atom stereocenters. The molecular weight excluding hydrogens is 236 g/mol. The number of likely N-dealkylation sites (tertiary alicyclic amines) is 1. The summed E-state index contributed by atoms with van der Waals surface area (Å²) in [4.78, 5) is 9.34. The summed E-state index contributed by atoms with van der Waals surface area (Å²) in [6.07, 6.45) is 4.52. The van der Waals surface area contributed by atoms with Crippen LogP contribution in [0.5, 0.6) is 0 Å². The van der Waals surface area contributed by atoms with E-state index in [1.54, 1.807) is 0 Å². The van der Waals surface area contributed by atoms with Crippen LogP contribution in [0.2, 0.25) is 0 Å². The van der Waals surface area contributed by atoms with Gasteiger partial charge in [-0.3, -0.25) is 4.90 Å². The van der Waals surface area contributed by atoms with Gasteiger partial charge in [-0.15, -0.1) is 0 Å². The molecular formula is C15H26N4. The lowest BCUT2D eigenvalue weighted by Crippen LogP contribution is -2.39. The first-order chi connectivity index (χ1) is 9.11. The fraction of sp³-hybridized carbons (Fsp3) is 0.667. The fourth-order valence-electron chi connectivity index (χ4n) is 2.82. The molecule has 0 aromatic carbocycles. The number of aromatic nitrogens is 1. The second-order valence-corrected chi connectivity index (χ2v) is 5.54. The molecule has 0 spiro atoms. The minimum atomic E-state index is 0.0530. The number of pyridine rings is 1. The van der Waals surface area contributed by atoms with Gasteiger partial charge < -0.3 is 10.6 Å². The molecule has 1 aromatic heterocycles. The van der Waals surface area contributed by atoms with Crippen LogP contribution in [0.4, 0.5) is 5.82 Å². The summed E-state index contributed by atoms with van der Waals surface area (Å²) in [6.45, 7) is 7.67. The molecule has 1 saturated heterocycles. The average molecular weight is 262 g/mol. The Balaban J connectivity index is 1.97. The molecule has 0 radical (unpaired) electrons. The molecule has 0 saturated carbocycles. The number of hydrogen-bond donors (Lipinski definition) is 1. The van der Waals surface area contributed by atoms with Crippen LogP contribution in [0.1, 0.15) is 38.3 Å². The maximum absolute atomic E-state index is 5.85. The Bertz CT molecular complexity index is 388. The first kappa shape index (κ1) is 14.3. The maximum Gasteiger partial charge on any atom is 0.128 e. The van der Waals surface area contributed by atoms with E-state index in [1.807, 2.05) is 13.1 Å². The predicted molar refractivity (Wildman–Crippen MR) is 80.4 cm³/mol. The Kier molecular flexibility index (Phi) is 4.77.